The van der Waals surface area contributed by atoms with E-state index in [1.54, 1.807) is 0 Å². The van der Waals surface area contributed by atoms with E-state index in [-0.39, 0.29) is 5.54 Å². The Balaban J connectivity index is 2.43. The van der Waals surface area contributed by atoms with Gasteiger partial charge in [0, 0.05) is 11.1 Å². The predicted molar refractivity (Wildman–Crippen MR) is 87.6 cm³/mol. The predicted octanol–water partition coefficient (Wildman–Crippen LogP) is 3.98. The molecule has 1 aromatic heterocycles. The molecule has 4 heteroatoms. The van der Waals surface area contributed by atoms with Crippen molar-refractivity contribution in [3.63, 3.8) is 0 Å². The van der Waals surface area contributed by atoms with Crippen molar-refractivity contribution in [3.05, 3.63) is 30.1 Å². The molecule has 2 rings (SSSR count). The number of aromatic nitrogens is 2. The number of ether oxygens (including phenoxy) is 1. The van der Waals surface area contributed by atoms with Crippen molar-refractivity contribution in [2.75, 3.05) is 12.3 Å². The third-order valence-corrected chi connectivity index (χ3v) is 3.33. The maximum Gasteiger partial charge on any atom is 0.132 e. The van der Waals surface area contributed by atoms with Gasteiger partial charge < -0.3 is 15.0 Å². The van der Waals surface area contributed by atoms with Gasteiger partial charge in [-0.2, -0.15) is 0 Å². The van der Waals surface area contributed by atoms with Gasteiger partial charge in [0.15, 0.2) is 0 Å². The molecule has 2 N–H and O–H groups in total. The van der Waals surface area contributed by atoms with Crippen LogP contribution in [-0.2, 0) is 5.54 Å². The van der Waals surface area contributed by atoms with Crippen LogP contribution in [0.1, 0.15) is 39.9 Å². The van der Waals surface area contributed by atoms with Gasteiger partial charge in [-0.25, -0.2) is 4.98 Å². The van der Waals surface area contributed by atoms with E-state index in [1.807, 2.05) is 31.2 Å². The number of hydrogen-bond acceptors (Lipinski definition) is 3. The highest BCUT2D eigenvalue weighted by Crippen LogP contribution is 2.32. The SMILES string of the molecule is CCCOc1cccc(-c2nc(C)n(C(C)(C)C)c2N)c1. The molecular weight excluding hydrogens is 262 g/mol. The number of aryl methyl sites for hydroxylation is 1. The smallest absolute Gasteiger partial charge is 0.132 e. The molecule has 0 amide bonds. The maximum absolute atomic E-state index is 6.33. The van der Waals surface area contributed by atoms with E-state index < -0.39 is 0 Å². The van der Waals surface area contributed by atoms with E-state index >= 15 is 0 Å². The number of nitrogens with two attached hydrogens (primary N) is 1. The molecule has 0 atom stereocenters. The van der Waals surface area contributed by atoms with Gasteiger partial charge in [0.1, 0.15) is 23.1 Å². The van der Waals surface area contributed by atoms with E-state index in [1.165, 1.54) is 0 Å². The summed E-state index contributed by atoms with van der Waals surface area (Å²) in [5, 5.41) is 0. The van der Waals surface area contributed by atoms with Gasteiger partial charge in [-0.1, -0.05) is 19.1 Å². The maximum atomic E-state index is 6.33. The van der Waals surface area contributed by atoms with E-state index in [9.17, 15) is 0 Å². The molecule has 0 bridgehead atoms. The summed E-state index contributed by atoms with van der Waals surface area (Å²) in [6.45, 7) is 11.2. The van der Waals surface area contributed by atoms with Crippen molar-refractivity contribution >= 4 is 5.82 Å². The molecule has 0 spiro atoms. The van der Waals surface area contributed by atoms with Gasteiger partial charge in [0.05, 0.1) is 6.61 Å². The van der Waals surface area contributed by atoms with E-state index in [0.29, 0.717) is 12.4 Å². The summed E-state index contributed by atoms with van der Waals surface area (Å²) >= 11 is 0. The lowest BCUT2D eigenvalue weighted by molar-refractivity contribution is 0.317. The van der Waals surface area contributed by atoms with Gasteiger partial charge in [0.2, 0.25) is 0 Å². The van der Waals surface area contributed by atoms with Crippen molar-refractivity contribution in [2.24, 2.45) is 0 Å². The normalized spacial score (nSPS) is 11.7. The Bertz CT molecular complexity index is 623. The first-order chi connectivity index (χ1) is 9.84. The minimum atomic E-state index is -0.0876. The Hall–Kier alpha value is -1.97. The monoisotopic (exact) mass is 287 g/mol. The number of rotatable bonds is 4. The van der Waals surface area contributed by atoms with Crippen molar-refractivity contribution < 1.29 is 4.74 Å². The van der Waals surface area contributed by atoms with Crippen molar-refractivity contribution in [3.8, 4) is 17.0 Å². The number of hydrogen-bond donors (Lipinski definition) is 1. The van der Waals surface area contributed by atoms with Crippen LogP contribution in [0.15, 0.2) is 24.3 Å². The Labute approximate surface area is 127 Å². The number of nitrogens with zero attached hydrogens (tertiary/aromatic N) is 2. The second-order valence-corrected chi connectivity index (χ2v) is 6.28. The second kappa shape index (κ2) is 5.80. The minimum absolute atomic E-state index is 0.0876. The average Bonchev–Trinajstić information content (AvgIpc) is 2.71. The van der Waals surface area contributed by atoms with Crippen LogP contribution in [-0.4, -0.2) is 16.2 Å². The molecule has 0 radical (unpaired) electrons. The van der Waals surface area contributed by atoms with Gasteiger partial charge >= 0.3 is 0 Å². The highest BCUT2D eigenvalue weighted by Gasteiger charge is 2.22. The van der Waals surface area contributed by atoms with Gasteiger partial charge in [-0.3, -0.25) is 0 Å². The van der Waals surface area contributed by atoms with Crippen molar-refractivity contribution in [2.45, 2.75) is 46.6 Å². The first kappa shape index (κ1) is 15.4. The molecule has 0 aliphatic rings. The molecule has 2 aromatic rings. The summed E-state index contributed by atoms with van der Waals surface area (Å²) in [5.74, 6) is 2.49. The van der Waals surface area contributed by atoms with E-state index in [4.69, 9.17) is 10.5 Å². The third kappa shape index (κ3) is 3.20. The molecular formula is C17H25N3O. The topological polar surface area (TPSA) is 53.1 Å². The molecule has 0 saturated carbocycles. The van der Waals surface area contributed by atoms with Gasteiger partial charge in [0.25, 0.3) is 0 Å². The molecule has 4 nitrogen and oxygen atoms in total. The largest absolute Gasteiger partial charge is 0.494 e. The molecule has 0 saturated heterocycles. The average molecular weight is 287 g/mol. The summed E-state index contributed by atoms with van der Waals surface area (Å²) in [6.07, 6.45) is 0.990. The Morgan fingerprint density at radius 2 is 2.00 bits per heavy atom. The Morgan fingerprint density at radius 1 is 1.29 bits per heavy atom. The first-order valence-corrected chi connectivity index (χ1v) is 7.43. The molecule has 0 fully saturated rings. The summed E-state index contributed by atoms with van der Waals surface area (Å²) in [7, 11) is 0. The van der Waals surface area contributed by atoms with Crippen LogP contribution in [0, 0.1) is 6.92 Å². The summed E-state index contributed by atoms with van der Waals surface area (Å²) in [5.41, 5.74) is 8.06. The highest BCUT2D eigenvalue weighted by atomic mass is 16.5. The Kier molecular flexibility index (Phi) is 4.26. The zero-order valence-corrected chi connectivity index (χ0v) is 13.6. The van der Waals surface area contributed by atoms with Crippen LogP contribution in [0.5, 0.6) is 5.75 Å². The fourth-order valence-corrected chi connectivity index (χ4v) is 2.56. The van der Waals surface area contributed by atoms with E-state index in [2.05, 4.69) is 37.2 Å². The lowest BCUT2D eigenvalue weighted by Gasteiger charge is -2.24. The highest BCUT2D eigenvalue weighted by molar-refractivity contribution is 5.72. The fraction of sp³-hybridized carbons (Fsp3) is 0.471. The number of nitrogen functional groups attached to an aromatic ring is 1. The quantitative estimate of drug-likeness (QED) is 0.925. The standard InChI is InChI=1S/C17H25N3O/c1-6-10-21-14-9-7-8-13(11-14)15-16(18)20(12(2)19-15)17(3,4)5/h7-9,11H,6,10,18H2,1-5H3. The zero-order chi connectivity index (χ0) is 15.6. The van der Waals surface area contributed by atoms with Crippen LogP contribution in [0.2, 0.25) is 0 Å². The Morgan fingerprint density at radius 3 is 2.57 bits per heavy atom. The minimum Gasteiger partial charge on any atom is -0.494 e. The number of imidazole rings is 1. The number of anilines is 1. The van der Waals surface area contributed by atoms with Crippen LogP contribution in [0.25, 0.3) is 11.3 Å². The molecule has 1 heterocycles. The lowest BCUT2D eigenvalue weighted by Crippen LogP contribution is -2.24. The summed E-state index contributed by atoms with van der Waals surface area (Å²) in [6, 6.07) is 7.96. The van der Waals surface area contributed by atoms with Crippen LogP contribution < -0.4 is 10.5 Å². The van der Waals surface area contributed by atoms with Crippen LogP contribution in [0.4, 0.5) is 5.82 Å². The van der Waals surface area contributed by atoms with Crippen LogP contribution in [0.3, 0.4) is 0 Å². The molecule has 1 aromatic carbocycles. The molecule has 21 heavy (non-hydrogen) atoms. The zero-order valence-electron chi connectivity index (χ0n) is 13.6. The fourth-order valence-electron chi connectivity index (χ4n) is 2.56. The second-order valence-electron chi connectivity index (χ2n) is 6.28. The molecule has 0 aliphatic carbocycles. The van der Waals surface area contributed by atoms with E-state index in [0.717, 1.165) is 29.3 Å². The van der Waals surface area contributed by atoms with Crippen molar-refractivity contribution in [1.29, 1.82) is 0 Å². The summed E-state index contributed by atoms with van der Waals surface area (Å²) < 4.78 is 7.76. The first-order valence-electron chi connectivity index (χ1n) is 7.43. The summed E-state index contributed by atoms with van der Waals surface area (Å²) in [4.78, 5) is 4.65. The number of benzene rings is 1. The van der Waals surface area contributed by atoms with Gasteiger partial charge in [-0.05, 0) is 46.2 Å². The molecule has 0 aliphatic heterocycles. The third-order valence-electron chi connectivity index (χ3n) is 3.33. The molecule has 0 unspecified atom stereocenters. The van der Waals surface area contributed by atoms with Crippen LogP contribution >= 0.6 is 0 Å². The van der Waals surface area contributed by atoms with Crippen molar-refractivity contribution in [1.82, 2.24) is 9.55 Å². The van der Waals surface area contributed by atoms with Gasteiger partial charge in [-0.15, -0.1) is 0 Å². The lowest BCUT2D eigenvalue weighted by atomic mass is 10.1. The molecule has 114 valence electrons.